The molecule has 5 heteroatoms. The first-order chi connectivity index (χ1) is 10.2. The maximum Gasteiger partial charge on any atom is 0.214 e. The zero-order valence-corrected chi connectivity index (χ0v) is 13.9. The van der Waals surface area contributed by atoms with E-state index in [0.717, 1.165) is 45.2 Å². The highest BCUT2D eigenvalue weighted by molar-refractivity contribution is 7.89. The fourth-order valence-corrected chi connectivity index (χ4v) is 6.66. The average molecular weight is 314 g/mol. The fraction of sp³-hybridized carbons (Fsp3) is 1.00. The Kier molecular flexibility index (Phi) is 5.23. The van der Waals surface area contributed by atoms with Crippen LogP contribution in [0.15, 0.2) is 0 Å². The van der Waals surface area contributed by atoms with Crippen molar-refractivity contribution in [3.8, 4) is 0 Å². The third-order valence-corrected chi connectivity index (χ3v) is 7.65. The molecule has 2 aliphatic heterocycles. The van der Waals surface area contributed by atoms with Crippen molar-refractivity contribution in [1.82, 2.24) is 9.62 Å². The van der Waals surface area contributed by atoms with Crippen LogP contribution in [-0.4, -0.2) is 43.6 Å². The van der Waals surface area contributed by atoms with Crippen LogP contribution < -0.4 is 5.32 Å². The molecule has 3 fully saturated rings. The summed E-state index contributed by atoms with van der Waals surface area (Å²) < 4.78 is 27.7. The van der Waals surface area contributed by atoms with Crippen LogP contribution in [0.3, 0.4) is 0 Å². The van der Waals surface area contributed by atoms with Crippen LogP contribution >= 0.6 is 0 Å². The molecule has 21 heavy (non-hydrogen) atoms. The van der Waals surface area contributed by atoms with Crippen molar-refractivity contribution in [3.63, 3.8) is 0 Å². The van der Waals surface area contributed by atoms with Gasteiger partial charge in [-0.1, -0.05) is 25.7 Å². The number of nitrogens with zero attached hydrogens (tertiary/aromatic N) is 1. The highest BCUT2D eigenvalue weighted by Gasteiger charge is 2.38. The van der Waals surface area contributed by atoms with Crippen molar-refractivity contribution in [2.24, 2.45) is 5.92 Å². The summed E-state index contributed by atoms with van der Waals surface area (Å²) in [6.45, 7) is 1.80. The number of sulfonamides is 1. The third kappa shape index (κ3) is 3.80. The molecule has 0 aromatic carbocycles. The van der Waals surface area contributed by atoms with Gasteiger partial charge in [0.25, 0.3) is 0 Å². The summed E-state index contributed by atoms with van der Waals surface area (Å²) in [7, 11) is -3.08. The predicted octanol–water partition coefficient (Wildman–Crippen LogP) is 2.50. The molecule has 4 nitrogen and oxygen atoms in total. The van der Waals surface area contributed by atoms with Crippen LogP contribution in [0.2, 0.25) is 0 Å². The van der Waals surface area contributed by atoms with Crippen molar-refractivity contribution in [2.45, 2.75) is 76.3 Å². The highest BCUT2D eigenvalue weighted by atomic mass is 32.2. The molecule has 0 radical (unpaired) electrons. The normalized spacial score (nSPS) is 33.3. The molecule has 0 aromatic heterocycles. The molecule has 2 heterocycles. The lowest BCUT2D eigenvalue weighted by atomic mass is 9.91. The van der Waals surface area contributed by atoms with Gasteiger partial charge < -0.3 is 5.32 Å². The zero-order valence-electron chi connectivity index (χ0n) is 13.1. The number of hydrogen-bond acceptors (Lipinski definition) is 3. The molecular weight excluding hydrogens is 284 g/mol. The maximum absolute atomic E-state index is 12.9. The largest absolute Gasteiger partial charge is 0.312 e. The molecule has 1 aliphatic carbocycles. The lowest BCUT2D eigenvalue weighted by Gasteiger charge is -2.39. The Morgan fingerprint density at radius 1 is 0.905 bits per heavy atom. The Balaban J connectivity index is 1.68. The van der Waals surface area contributed by atoms with E-state index in [2.05, 4.69) is 5.32 Å². The maximum atomic E-state index is 12.9. The van der Waals surface area contributed by atoms with Gasteiger partial charge in [0.2, 0.25) is 10.0 Å². The second kappa shape index (κ2) is 6.97. The predicted molar refractivity (Wildman–Crippen MR) is 85.7 cm³/mol. The smallest absolute Gasteiger partial charge is 0.214 e. The van der Waals surface area contributed by atoms with E-state index in [0.29, 0.717) is 17.7 Å². The molecule has 2 atom stereocenters. The van der Waals surface area contributed by atoms with E-state index in [-0.39, 0.29) is 6.04 Å². The van der Waals surface area contributed by atoms with Crippen LogP contribution in [0.5, 0.6) is 0 Å². The molecular formula is C16H30N2O2S. The number of hydrogen-bond donors (Lipinski definition) is 1. The summed E-state index contributed by atoms with van der Waals surface area (Å²) in [6.07, 6.45) is 11.5. The minimum absolute atomic E-state index is 0.217. The van der Waals surface area contributed by atoms with Gasteiger partial charge in [0.05, 0.1) is 5.75 Å². The van der Waals surface area contributed by atoms with E-state index in [1.807, 2.05) is 4.31 Å². The van der Waals surface area contributed by atoms with E-state index in [4.69, 9.17) is 0 Å². The molecule has 122 valence electrons. The standard InChI is InChI=1S/C16H30N2O2S/c19-21(20,13-14-7-2-1-3-8-14)18-12-5-4-10-16(18)15-9-6-11-17-15/h14-17H,1-13H2. The van der Waals surface area contributed by atoms with Crippen LogP contribution in [-0.2, 0) is 10.0 Å². The van der Waals surface area contributed by atoms with Crippen LogP contribution in [0.1, 0.15) is 64.2 Å². The third-order valence-electron chi connectivity index (χ3n) is 5.59. The topological polar surface area (TPSA) is 49.4 Å². The van der Waals surface area contributed by atoms with Crippen LogP contribution in [0, 0.1) is 5.92 Å². The highest BCUT2D eigenvalue weighted by Crippen LogP contribution is 2.30. The summed E-state index contributed by atoms with van der Waals surface area (Å²) in [5, 5.41) is 3.53. The molecule has 0 spiro atoms. The van der Waals surface area contributed by atoms with E-state index in [9.17, 15) is 8.42 Å². The summed E-state index contributed by atoms with van der Waals surface area (Å²) in [6, 6.07) is 0.612. The second-order valence-electron chi connectivity index (χ2n) is 7.16. The van der Waals surface area contributed by atoms with Crippen molar-refractivity contribution in [1.29, 1.82) is 0 Å². The Labute approximate surface area is 129 Å². The van der Waals surface area contributed by atoms with Gasteiger partial charge in [-0.25, -0.2) is 8.42 Å². The van der Waals surface area contributed by atoms with Crippen molar-refractivity contribution < 1.29 is 8.42 Å². The Hall–Kier alpha value is -0.130. The lowest BCUT2D eigenvalue weighted by molar-refractivity contribution is 0.209. The summed E-state index contributed by atoms with van der Waals surface area (Å²) in [5.41, 5.74) is 0. The first kappa shape index (κ1) is 15.8. The van der Waals surface area contributed by atoms with E-state index < -0.39 is 10.0 Å². The monoisotopic (exact) mass is 314 g/mol. The number of piperidine rings is 1. The quantitative estimate of drug-likeness (QED) is 0.867. The molecule has 3 rings (SSSR count). The van der Waals surface area contributed by atoms with Gasteiger partial charge >= 0.3 is 0 Å². The van der Waals surface area contributed by atoms with Crippen molar-refractivity contribution in [3.05, 3.63) is 0 Å². The van der Waals surface area contributed by atoms with Crippen molar-refractivity contribution in [2.75, 3.05) is 18.8 Å². The van der Waals surface area contributed by atoms with Gasteiger partial charge in [0, 0.05) is 18.6 Å². The Morgan fingerprint density at radius 2 is 1.67 bits per heavy atom. The van der Waals surface area contributed by atoms with Gasteiger partial charge in [0.15, 0.2) is 0 Å². The number of nitrogens with one attached hydrogen (secondary N) is 1. The number of rotatable bonds is 4. The van der Waals surface area contributed by atoms with Gasteiger partial charge in [0.1, 0.15) is 0 Å². The molecule has 0 aromatic rings. The molecule has 0 amide bonds. The van der Waals surface area contributed by atoms with Crippen LogP contribution in [0.25, 0.3) is 0 Å². The van der Waals surface area contributed by atoms with Crippen molar-refractivity contribution >= 4 is 10.0 Å². The Morgan fingerprint density at radius 3 is 2.38 bits per heavy atom. The van der Waals surface area contributed by atoms with Gasteiger partial charge in [-0.05, 0) is 51.0 Å². The second-order valence-corrected chi connectivity index (χ2v) is 9.13. The zero-order chi connectivity index (χ0) is 14.7. The fourth-order valence-electron chi connectivity index (χ4n) is 4.47. The lowest BCUT2D eigenvalue weighted by Crippen LogP contribution is -2.53. The molecule has 3 aliphatic rings. The molecule has 2 saturated heterocycles. The molecule has 1 saturated carbocycles. The Bertz CT molecular complexity index is 426. The first-order valence-corrected chi connectivity index (χ1v) is 10.5. The summed E-state index contributed by atoms with van der Waals surface area (Å²) in [5.74, 6) is 0.804. The first-order valence-electron chi connectivity index (χ1n) is 8.90. The van der Waals surface area contributed by atoms with Gasteiger partial charge in [-0.3, -0.25) is 0 Å². The molecule has 2 unspecified atom stereocenters. The van der Waals surface area contributed by atoms with Gasteiger partial charge in [-0.2, -0.15) is 4.31 Å². The molecule has 1 N–H and O–H groups in total. The minimum Gasteiger partial charge on any atom is -0.312 e. The summed E-state index contributed by atoms with van der Waals surface area (Å²) >= 11 is 0. The van der Waals surface area contributed by atoms with Crippen LogP contribution in [0.4, 0.5) is 0 Å². The van der Waals surface area contributed by atoms with E-state index >= 15 is 0 Å². The van der Waals surface area contributed by atoms with E-state index in [1.54, 1.807) is 0 Å². The van der Waals surface area contributed by atoms with E-state index in [1.165, 1.54) is 32.1 Å². The van der Waals surface area contributed by atoms with Gasteiger partial charge in [-0.15, -0.1) is 0 Å². The minimum atomic E-state index is -3.08. The average Bonchev–Trinajstić information content (AvgIpc) is 3.02. The summed E-state index contributed by atoms with van der Waals surface area (Å²) in [4.78, 5) is 0. The molecule has 0 bridgehead atoms. The SMILES string of the molecule is O=S(=O)(CC1CCCCC1)N1CCCCC1C1CCCN1.